The average Bonchev–Trinajstić information content (AvgIpc) is 2.55. The molecule has 0 aliphatic heterocycles. The minimum Gasteiger partial charge on any atom is -0.491 e. The first-order valence-corrected chi connectivity index (χ1v) is 21.5. The molecule has 0 saturated carbocycles. The predicted molar refractivity (Wildman–Crippen MR) is 142 cm³/mol. The Morgan fingerprint density at radius 2 is 1.06 bits per heavy atom. The van der Waals surface area contributed by atoms with Crippen LogP contribution in [0.25, 0.3) is 0 Å². The number of carbonyl (C=O) groups excluding carboxylic acids is 1. The second kappa shape index (κ2) is 11.4. The van der Waals surface area contributed by atoms with E-state index in [0.717, 1.165) is 0 Å². The standard InChI is InChI=1S/C22H50O5Si4/c1-16-22(23)24-31(20(8)9,21(10)11)27-29(15,25-28(12,13)14)26-30(17(2)3,18(4)5)19(6)7/h16-21H,1H2,2-15H3. The molecular formula is C22H50O5Si4. The van der Waals surface area contributed by atoms with Gasteiger partial charge in [-0.15, -0.1) is 0 Å². The Labute approximate surface area is 197 Å². The van der Waals surface area contributed by atoms with Gasteiger partial charge in [0.2, 0.25) is 0 Å². The summed E-state index contributed by atoms with van der Waals surface area (Å²) in [6, 6.07) is 0. The largest absolute Gasteiger partial charge is 0.491 e. The number of carbonyl (C=O) groups is 1. The van der Waals surface area contributed by atoms with E-state index >= 15 is 0 Å². The lowest BCUT2D eigenvalue weighted by molar-refractivity contribution is -0.131. The van der Waals surface area contributed by atoms with E-state index < -0.39 is 40.0 Å². The maximum absolute atomic E-state index is 12.4. The number of hydrogen-bond donors (Lipinski definition) is 0. The highest BCUT2D eigenvalue weighted by molar-refractivity contribution is 6.91. The highest BCUT2D eigenvalue weighted by Crippen LogP contribution is 2.46. The van der Waals surface area contributed by atoms with Crippen LogP contribution in [0.3, 0.4) is 0 Å². The van der Waals surface area contributed by atoms with E-state index in [0.29, 0.717) is 16.6 Å². The van der Waals surface area contributed by atoms with Crippen LogP contribution in [0.4, 0.5) is 0 Å². The molecule has 0 amide bonds. The normalized spacial score (nSPS) is 15.8. The van der Waals surface area contributed by atoms with E-state index in [-0.39, 0.29) is 11.1 Å². The van der Waals surface area contributed by atoms with Crippen LogP contribution < -0.4 is 0 Å². The molecule has 1 atom stereocenters. The second-order valence-electron chi connectivity index (χ2n) is 11.3. The zero-order valence-electron chi connectivity index (χ0n) is 22.7. The molecule has 0 N–H and O–H groups in total. The summed E-state index contributed by atoms with van der Waals surface area (Å²) in [6.45, 7) is 34.0. The molecule has 184 valence electrons. The molecule has 0 bridgehead atoms. The third-order valence-electron chi connectivity index (χ3n) is 5.94. The van der Waals surface area contributed by atoms with Crippen molar-refractivity contribution in [1.29, 1.82) is 0 Å². The van der Waals surface area contributed by atoms with Crippen LogP contribution >= 0.6 is 0 Å². The minimum absolute atomic E-state index is 0.0466. The van der Waals surface area contributed by atoms with Crippen molar-refractivity contribution in [2.24, 2.45) is 0 Å². The predicted octanol–water partition coefficient (Wildman–Crippen LogP) is 7.61. The van der Waals surface area contributed by atoms with Crippen molar-refractivity contribution in [3.63, 3.8) is 0 Å². The van der Waals surface area contributed by atoms with Gasteiger partial charge in [0, 0.05) is 23.7 Å². The van der Waals surface area contributed by atoms with Crippen molar-refractivity contribution in [3.8, 4) is 0 Å². The Balaban J connectivity index is 6.72. The first kappa shape index (κ1) is 31.0. The summed E-state index contributed by atoms with van der Waals surface area (Å²) in [7, 11) is -10.5. The lowest BCUT2D eigenvalue weighted by atomic mass is 10.5. The number of rotatable bonds is 13. The zero-order chi connectivity index (χ0) is 25.0. The molecule has 0 aliphatic rings. The Morgan fingerprint density at radius 3 is 1.32 bits per heavy atom. The van der Waals surface area contributed by atoms with E-state index in [2.05, 4.69) is 95.5 Å². The van der Waals surface area contributed by atoms with Crippen molar-refractivity contribution in [2.45, 2.75) is 123 Å². The maximum atomic E-state index is 12.4. The van der Waals surface area contributed by atoms with Gasteiger partial charge in [0.05, 0.1) is 0 Å². The smallest absolute Gasteiger partial charge is 0.468 e. The Bertz CT molecular complexity index is 569. The molecule has 31 heavy (non-hydrogen) atoms. The molecule has 5 nitrogen and oxygen atoms in total. The van der Waals surface area contributed by atoms with E-state index in [1.807, 2.05) is 6.55 Å². The summed E-state index contributed by atoms with van der Waals surface area (Å²) in [5, 5.41) is 0. The molecule has 9 heteroatoms. The fourth-order valence-corrected chi connectivity index (χ4v) is 27.0. The molecule has 0 aromatic rings. The topological polar surface area (TPSA) is 54.0 Å². The van der Waals surface area contributed by atoms with E-state index in [4.69, 9.17) is 16.8 Å². The molecule has 1 unspecified atom stereocenters. The van der Waals surface area contributed by atoms with Crippen LogP contribution in [-0.4, -0.2) is 40.0 Å². The van der Waals surface area contributed by atoms with Crippen LogP contribution in [0.2, 0.25) is 53.9 Å². The van der Waals surface area contributed by atoms with E-state index in [9.17, 15) is 4.79 Å². The van der Waals surface area contributed by atoms with Crippen LogP contribution in [0.1, 0.15) is 69.2 Å². The van der Waals surface area contributed by atoms with Crippen LogP contribution in [0.15, 0.2) is 12.7 Å². The van der Waals surface area contributed by atoms with Crippen molar-refractivity contribution in [3.05, 3.63) is 12.7 Å². The molecule has 0 radical (unpaired) electrons. The summed E-state index contributed by atoms with van der Waals surface area (Å²) in [4.78, 5) is 12.4. The van der Waals surface area contributed by atoms with Gasteiger partial charge < -0.3 is 16.8 Å². The van der Waals surface area contributed by atoms with Gasteiger partial charge in [-0.05, 0) is 36.3 Å². The zero-order valence-corrected chi connectivity index (χ0v) is 26.7. The Kier molecular flexibility index (Phi) is 11.4. The fourth-order valence-electron chi connectivity index (χ4n) is 4.94. The SMILES string of the molecule is C=CC(=O)O[Si](O[Si](C)(O[Si](C)(C)C)O[Si](C(C)C)(C(C)C)C(C)C)(C(C)C)C(C)C. The molecule has 0 fully saturated rings. The van der Waals surface area contributed by atoms with Gasteiger partial charge in [0.1, 0.15) is 0 Å². The van der Waals surface area contributed by atoms with Gasteiger partial charge in [-0.25, -0.2) is 4.79 Å². The van der Waals surface area contributed by atoms with Gasteiger partial charge in [-0.1, -0.05) is 75.8 Å². The quantitative estimate of drug-likeness (QED) is 0.190. The second-order valence-corrected chi connectivity index (χ2v) is 28.8. The van der Waals surface area contributed by atoms with Crippen molar-refractivity contribution in [2.75, 3.05) is 0 Å². The van der Waals surface area contributed by atoms with Gasteiger partial charge >= 0.3 is 23.3 Å². The molecule has 0 aromatic heterocycles. The van der Waals surface area contributed by atoms with Crippen molar-refractivity contribution in [1.82, 2.24) is 0 Å². The molecule has 0 aliphatic carbocycles. The van der Waals surface area contributed by atoms with Gasteiger partial charge in [0.15, 0.2) is 16.6 Å². The van der Waals surface area contributed by atoms with Crippen LogP contribution in [0.5, 0.6) is 0 Å². The minimum atomic E-state index is -3.18. The molecule has 0 heterocycles. The van der Waals surface area contributed by atoms with Gasteiger partial charge in [-0.3, -0.25) is 0 Å². The van der Waals surface area contributed by atoms with E-state index in [1.54, 1.807) is 0 Å². The molecule has 0 saturated heterocycles. The molecule has 0 spiro atoms. The summed E-state index contributed by atoms with van der Waals surface area (Å²) < 4.78 is 27.1. The first-order valence-electron chi connectivity index (χ1n) is 11.8. The summed E-state index contributed by atoms with van der Waals surface area (Å²) in [5.41, 5.74) is 1.30. The third-order valence-corrected chi connectivity index (χ3v) is 24.7. The van der Waals surface area contributed by atoms with Crippen molar-refractivity contribution < 1.29 is 21.6 Å². The van der Waals surface area contributed by atoms with E-state index in [1.165, 1.54) is 6.08 Å². The lowest BCUT2D eigenvalue weighted by Gasteiger charge is -2.50. The summed E-state index contributed by atoms with van der Waals surface area (Å²) in [6.07, 6.45) is 1.23. The maximum Gasteiger partial charge on any atom is 0.468 e. The highest BCUT2D eigenvalue weighted by Gasteiger charge is 2.60. The number of hydrogen-bond acceptors (Lipinski definition) is 5. The fraction of sp³-hybridized carbons (Fsp3) is 0.864. The highest BCUT2D eigenvalue weighted by atomic mass is 28.5. The Morgan fingerprint density at radius 1 is 0.677 bits per heavy atom. The average molecular weight is 507 g/mol. The van der Waals surface area contributed by atoms with Crippen LogP contribution in [-0.2, 0) is 21.6 Å². The monoisotopic (exact) mass is 506 g/mol. The molecular weight excluding hydrogens is 457 g/mol. The summed E-state index contributed by atoms with van der Waals surface area (Å²) >= 11 is 0. The van der Waals surface area contributed by atoms with Crippen LogP contribution in [0, 0.1) is 0 Å². The Hall–Kier alpha value is -0.0425. The molecule has 0 rings (SSSR count). The first-order chi connectivity index (χ1) is 13.8. The van der Waals surface area contributed by atoms with Gasteiger partial charge in [0.25, 0.3) is 0 Å². The summed E-state index contributed by atoms with van der Waals surface area (Å²) in [5.74, 6) is -0.432. The van der Waals surface area contributed by atoms with Gasteiger partial charge in [-0.2, -0.15) is 0 Å². The molecule has 0 aromatic carbocycles. The lowest BCUT2D eigenvalue weighted by Crippen LogP contribution is -2.66. The third kappa shape index (κ3) is 7.75. The van der Waals surface area contributed by atoms with Crippen molar-refractivity contribution >= 4 is 40.0 Å².